The van der Waals surface area contributed by atoms with Crippen LogP contribution in [-0.4, -0.2) is 42.7 Å². The summed E-state index contributed by atoms with van der Waals surface area (Å²) in [5.41, 5.74) is 2.38. The van der Waals surface area contributed by atoms with E-state index in [2.05, 4.69) is 10.3 Å². The van der Waals surface area contributed by atoms with Crippen molar-refractivity contribution in [1.82, 2.24) is 15.3 Å². The van der Waals surface area contributed by atoms with E-state index in [9.17, 15) is 4.79 Å². The molecule has 1 amide bonds. The summed E-state index contributed by atoms with van der Waals surface area (Å²) < 4.78 is 17.0. The highest BCUT2D eigenvalue weighted by Gasteiger charge is 2.28. The maximum absolute atomic E-state index is 11.6. The van der Waals surface area contributed by atoms with E-state index in [4.69, 9.17) is 19.2 Å². The Morgan fingerprint density at radius 3 is 2.69 bits per heavy atom. The highest BCUT2D eigenvalue weighted by atomic mass is 16.5. The average molecular weight is 393 g/mol. The minimum atomic E-state index is -0.162. The predicted octanol–water partition coefficient (Wildman–Crippen LogP) is 3.22. The first-order chi connectivity index (χ1) is 14.1. The number of hydrogen-bond acceptors (Lipinski definition) is 6. The van der Waals surface area contributed by atoms with Crippen LogP contribution in [-0.2, 0) is 4.79 Å². The molecular formula is C22H23N3O4. The molecule has 7 heteroatoms. The SMILES string of the molecule is COc1ccc(-c2cc3ncccc3c(O[C@H](C)[C@H]3CNC(=O)C3)n2)cc1OC. The topological polar surface area (TPSA) is 82.6 Å². The molecule has 1 saturated heterocycles. The molecule has 2 aromatic heterocycles. The first kappa shape index (κ1) is 19.0. The van der Waals surface area contributed by atoms with Crippen molar-refractivity contribution in [3.8, 4) is 28.6 Å². The molecule has 4 rings (SSSR count). The summed E-state index contributed by atoms with van der Waals surface area (Å²) in [6.07, 6.45) is 2.05. The highest BCUT2D eigenvalue weighted by molar-refractivity contribution is 5.87. The first-order valence-electron chi connectivity index (χ1n) is 9.50. The maximum atomic E-state index is 11.6. The predicted molar refractivity (Wildman–Crippen MR) is 109 cm³/mol. The number of ether oxygens (including phenoxy) is 3. The first-order valence-corrected chi connectivity index (χ1v) is 9.50. The number of carbonyl (C=O) groups excluding carboxylic acids is 1. The second-order valence-corrected chi connectivity index (χ2v) is 7.04. The Balaban J connectivity index is 1.74. The number of carbonyl (C=O) groups is 1. The lowest BCUT2D eigenvalue weighted by Gasteiger charge is -2.20. The molecule has 0 spiro atoms. The summed E-state index contributed by atoms with van der Waals surface area (Å²) in [4.78, 5) is 20.8. The van der Waals surface area contributed by atoms with E-state index in [-0.39, 0.29) is 17.9 Å². The second kappa shape index (κ2) is 7.95. The Morgan fingerprint density at radius 2 is 1.97 bits per heavy atom. The van der Waals surface area contributed by atoms with Crippen LogP contribution in [0, 0.1) is 5.92 Å². The van der Waals surface area contributed by atoms with Crippen LogP contribution in [0.3, 0.4) is 0 Å². The minimum absolute atomic E-state index is 0.0593. The number of hydrogen-bond donors (Lipinski definition) is 1. The summed E-state index contributed by atoms with van der Waals surface area (Å²) >= 11 is 0. The van der Waals surface area contributed by atoms with Crippen molar-refractivity contribution in [2.24, 2.45) is 5.92 Å². The third kappa shape index (κ3) is 3.81. The third-order valence-electron chi connectivity index (χ3n) is 5.21. The molecule has 150 valence electrons. The van der Waals surface area contributed by atoms with Crippen LogP contribution in [0.2, 0.25) is 0 Å². The van der Waals surface area contributed by atoms with Gasteiger partial charge in [-0.1, -0.05) is 0 Å². The van der Waals surface area contributed by atoms with Crippen molar-refractivity contribution in [3.05, 3.63) is 42.6 Å². The zero-order chi connectivity index (χ0) is 20.4. The van der Waals surface area contributed by atoms with Crippen LogP contribution >= 0.6 is 0 Å². The molecular weight excluding hydrogens is 370 g/mol. The fourth-order valence-corrected chi connectivity index (χ4v) is 3.51. The smallest absolute Gasteiger partial charge is 0.223 e. The standard InChI is InChI=1S/C22H23N3O4/c1-13(15-10-21(26)24-12-15)29-22-16-5-4-8-23-18(16)11-17(25-22)14-6-7-19(27-2)20(9-14)28-3/h4-9,11,13,15H,10,12H2,1-3H3,(H,24,26)/t13-,15-/m1/s1. The van der Waals surface area contributed by atoms with Gasteiger partial charge < -0.3 is 19.5 Å². The Morgan fingerprint density at radius 1 is 1.14 bits per heavy atom. The number of aromatic nitrogens is 2. The Bertz CT molecular complexity index is 1050. The van der Waals surface area contributed by atoms with Crippen LogP contribution in [0.15, 0.2) is 42.6 Å². The average Bonchev–Trinajstić information content (AvgIpc) is 3.19. The number of pyridine rings is 2. The van der Waals surface area contributed by atoms with Crippen molar-refractivity contribution in [2.75, 3.05) is 20.8 Å². The minimum Gasteiger partial charge on any atom is -0.493 e. The number of fused-ring (bicyclic) bond motifs is 1. The van der Waals surface area contributed by atoms with Gasteiger partial charge >= 0.3 is 0 Å². The molecule has 1 aromatic carbocycles. The van der Waals surface area contributed by atoms with Crippen LogP contribution in [0.5, 0.6) is 17.4 Å². The number of methoxy groups -OCH3 is 2. The molecule has 0 aliphatic carbocycles. The van der Waals surface area contributed by atoms with E-state index >= 15 is 0 Å². The van der Waals surface area contributed by atoms with Crippen molar-refractivity contribution >= 4 is 16.8 Å². The molecule has 29 heavy (non-hydrogen) atoms. The Kier molecular flexibility index (Phi) is 5.20. The maximum Gasteiger partial charge on any atom is 0.223 e. The van der Waals surface area contributed by atoms with E-state index in [1.54, 1.807) is 20.4 Å². The normalized spacial score (nSPS) is 17.1. The van der Waals surface area contributed by atoms with Crippen molar-refractivity contribution in [2.45, 2.75) is 19.4 Å². The monoisotopic (exact) mass is 393 g/mol. The summed E-state index contributed by atoms with van der Waals surface area (Å²) in [5, 5.41) is 3.69. The zero-order valence-electron chi connectivity index (χ0n) is 16.6. The number of rotatable bonds is 6. The number of amides is 1. The second-order valence-electron chi connectivity index (χ2n) is 7.04. The van der Waals surface area contributed by atoms with Gasteiger partial charge in [0, 0.05) is 30.6 Å². The fraction of sp³-hybridized carbons (Fsp3) is 0.318. The van der Waals surface area contributed by atoms with Gasteiger partial charge in [0.05, 0.1) is 30.8 Å². The van der Waals surface area contributed by atoms with Crippen LogP contribution in [0.25, 0.3) is 22.2 Å². The molecule has 1 aliphatic rings. The largest absolute Gasteiger partial charge is 0.493 e. The quantitative estimate of drug-likeness (QED) is 0.692. The lowest BCUT2D eigenvalue weighted by Crippen LogP contribution is -2.26. The summed E-state index contributed by atoms with van der Waals surface area (Å²) in [5.74, 6) is 1.95. The van der Waals surface area contributed by atoms with Gasteiger partial charge in [-0.15, -0.1) is 0 Å². The fourth-order valence-electron chi connectivity index (χ4n) is 3.51. The van der Waals surface area contributed by atoms with Crippen LogP contribution in [0.1, 0.15) is 13.3 Å². The number of benzene rings is 1. The third-order valence-corrected chi connectivity index (χ3v) is 5.21. The van der Waals surface area contributed by atoms with Gasteiger partial charge in [0.2, 0.25) is 11.8 Å². The van der Waals surface area contributed by atoms with Gasteiger partial charge in [-0.05, 0) is 43.3 Å². The number of nitrogens with zero attached hydrogens (tertiary/aromatic N) is 2. The van der Waals surface area contributed by atoms with Gasteiger partial charge in [-0.25, -0.2) is 4.98 Å². The van der Waals surface area contributed by atoms with Gasteiger partial charge in [0.15, 0.2) is 11.5 Å². The molecule has 0 saturated carbocycles. The van der Waals surface area contributed by atoms with Gasteiger partial charge in [0.25, 0.3) is 0 Å². The lowest BCUT2D eigenvalue weighted by molar-refractivity contribution is -0.119. The molecule has 0 unspecified atom stereocenters. The molecule has 0 radical (unpaired) electrons. The molecule has 3 aromatic rings. The molecule has 3 heterocycles. The summed E-state index contributed by atoms with van der Waals surface area (Å²) in [6, 6.07) is 11.4. The van der Waals surface area contributed by atoms with Crippen molar-refractivity contribution < 1.29 is 19.0 Å². The van der Waals surface area contributed by atoms with Gasteiger partial charge in [0.1, 0.15) is 6.10 Å². The summed E-state index contributed by atoms with van der Waals surface area (Å²) in [6.45, 7) is 2.59. The van der Waals surface area contributed by atoms with Gasteiger partial charge in [-0.2, -0.15) is 0 Å². The van der Waals surface area contributed by atoms with Crippen LogP contribution in [0.4, 0.5) is 0 Å². The summed E-state index contributed by atoms with van der Waals surface area (Å²) in [7, 11) is 3.20. The highest BCUT2D eigenvalue weighted by Crippen LogP contribution is 2.34. The van der Waals surface area contributed by atoms with Crippen molar-refractivity contribution in [3.63, 3.8) is 0 Å². The Labute approximate surface area is 169 Å². The van der Waals surface area contributed by atoms with Crippen molar-refractivity contribution in [1.29, 1.82) is 0 Å². The zero-order valence-corrected chi connectivity index (χ0v) is 16.6. The lowest BCUT2D eigenvalue weighted by atomic mass is 10.0. The molecule has 2 atom stereocenters. The number of nitrogens with one attached hydrogen (secondary N) is 1. The van der Waals surface area contributed by atoms with Crippen LogP contribution < -0.4 is 19.5 Å². The molecule has 1 fully saturated rings. The Hall–Kier alpha value is -3.35. The molecule has 1 N–H and O–H groups in total. The van der Waals surface area contributed by atoms with E-state index in [1.807, 2.05) is 43.3 Å². The van der Waals surface area contributed by atoms with E-state index in [1.165, 1.54) is 0 Å². The molecule has 0 bridgehead atoms. The van der Waals surface area contributed by atoms with E-state index in [0.717, 1.165) is 22.2 Å². The molecule has 7 nitrogen and oxygen atoms in total. The van der Waals surface area contributed by atoms with Gasteiger partial charge in [-0.3, -0.25) is 9.78 Å². The van der Waals surface area contributed by atoms with E-state index in [0.29, 0.717) is 30.3 Å². The molecule has 1 aliphatic heterocycles. The van der Waals surface area contributed by atoms with E-state index < -0.39 is 0 Å².